The molecular weight excluding hydrogens is 252 g/mol. The van der Waals surface area contributed by atoms with E-state index in [9.17, 15) is 4.79 Å². The van der Waals surface area contributed by atoms with Gasteiger partial charge >= 0.3 is 5.97 Å². The second-order valence-corrected chi connectivity index (χ2v) is 5.66. The summed E-state index contributed by atoms with van der Waals surface area (Å²) in [5.74, 6) is 1.35. The number of rotatable bonds is 9. The molecule has 0 fully saturated rings. The number of hydrogen-bond donors (Lipinski definition) is 1. The highest BCUT2D eigenvalue weighted by molar-refractivity contribution is 7.99. The van der Waals surface area contributed by atoms with E-state index in [1.165, 1.54) is 0 Å². The van der Waals surface area contributed by atoms with Crippen molar-refractivity contribution >= 4 is 17.7 Å². The minimum absolute atomic E-state index is 0.199. The summed E-state index contributed by atoms with van der Waals surface area (Å²) in [5, 5.41) is 13.0. The molecule has 1 N–H and O–H groups in total. The van der Waals surface area contributed by atoms with Gasteiger partial charge in [-0.15, -0.1) is 0 Å². The molecule has 1 aromatic heterocycles. The standard InChI is InChI=1S/C12H20N2O3S/c1-3-9(2)18-8-10-13-11(17-14-10)6-4-5-7-12(15)16/h9H,3-8H2,1-2H3,(H,15,16). The highest BCUT2D eigenvalue weighted by atomic mass is 32.2. The number of nitrogens with zero attached hydrogens (tertiary/aromatic N) is 2. The van der Waals surface area contributed by atoms with E-state index < -0.39 is 5.97 Å². The molecule has 1 atom stereocenters. The summed E-state index contributed by atoms with van der Waals surface area (Å²) in [6.07, 6.45) is 3.41. The van der Waals surface area contributed by atoms with E-state index in [0.717, 1.165) is 24.4 Å². The van der Waals surface area contributed by atoms with Crippen LogP contribution in [-0.2, 0) is 17.0 Å². The van der Waals surface area contributed by atoms with Crippen LogP contribution in [0.3, 0.4) is 0 Å². The summed E-state index contributed by atoms with van der Waals surface area (Å²) in [6, 6.07) is 0. The highest BCUT2D eigenvalue weighted by Crippen LogP contribution is 2.18. The number of carbonyl (C=O) groups is 1. The fraction of sp³-hybridized carbons (Fsp3) is 0.750. The molecule has 6 heteroatoms. The van der Waals surface area contributed by atoms with Crippen LogP contribution in [0.15, 0.2) is 4.52 Å². The number of carboxylic acids is 1. The SMILES string of the molecule is CCC(C)SCc1noc(CCCCC(=O)O)n1. The van der Waals surface area contributed by atoms with Gasteiger partial charge in [-0.25, -0.2) is 0 Å². The molecule has 0 bridgehead atoms. The van der Waals surface area contributed by atoms with Crippen molar-refractivity contribution in [3.63, 3.8) is 0 Å². The molecule has 0 aliphatic rings. The minimum atomic E-state index is -0.758. The zero-order chi connectivity index (χ0) is 13.4. The first-order valence-electron chi connectivity index (χ1n) is 6.26. The Morgan fingerprint density at radius 3 is 2.94 bits per heavy atom. The smallest absolute Gasteiger partial charge is 0.303 e. The van der Waals surface area contributed by atoms with E-state index in [1.807, 2.05) is 11.8 Å². The zero-order valence-electron chi connectivity index (χ0n) is 10.9. The van der Waals surface area contributed by atoms with Crippen molar-refractivity contribution in [2.75, 3.05) is 0 Å². The third kappa shape index (κ3) is 6.05. The topological polar surface area (TPSA) is 76.2 Å². The van der Waals surface area contributed by atoms with E-state index >= 15 is 0 Å². The predicted molar refractivity (Wildman–Crippen MR) is 70.5 cm³/mol. The predicted octanol–water partition coefficient (Wildman–Crippen LogP) is 2.90. The molecule has 0 radical (unpaired) electrons. The van der Waals surface area contributed by atoms with Gasteiger partial charge in [-0.05, 0) is 19.3 Å². The Kier molecular flexibility index (Phi) is 6.78. The maximum Gasteiger partial charge on any atom is 0.303 e. The second-order valence-electron chi connectivity index (χ2n) is 4.24. The summed E-state index contributed by atoms with van der Waals surface area (Å²) in [6.45, 7) is 4.33. The van der Waals surface area contributed by atoms with E-state index in [2.05, 4.69) is 24.0 Å². The van der Waals surface area contributed by atoms with Crippen LogP contribution in [0.2, 0.25) is 0 Å². The van der Waals surface area contributed by atoms with Crippen LogP contribution < -0.4 is 0 Å². The van der Waals surface area contributed by atoms with Crippen LogP contribution in [-0.4, -0.2) is 26.5 Å². The van der Waals surface area contributed by atoms with Crippen LogP contribution >= 0.6 is 11.8 Å². The minimum Gasteiger partial charge on any atom is -0.481 e. The molecule has 102 valence electrons. The summed E-state index contributed by atoms with van der Waals surface area (Å²) >= 11 is 1.81. The maximum atomic E-state index is 10.3. The Morgan fingerprint density at radius 1 is 1.50 bits per heavy atom. The van der Waals surface area contributed by atoms with Gasteiger partial charge in [0, 0.05) is 18.1 Å². The number of thioether (sulfide) groups is 1. The molecule has 1 heterocycles. The van der Waals surface area contributed by atoms with Gasteiger partial charge in [0.1, 0.15) is 0 Å². The third-order valence-corrected chi connectivity index (χ3v) is 3.94. The summed E-state index contributed by atoms with van der Waals surface area (Å²) in [5.41, 5.74) is 0. The molecule has 0 aliphatic carbocycles. The van der Waals surface area contributed by atoms with Gasteiger partial charge in [0.15, 0.2) is 5.82 Å². The Hall–Kier alpha value is -1.04. The quantitative estimate of drug-likeness (QED) is 0.696. The number of carboxylic acid groups (broad SMARTS) is 1. The molecule has 5 nitrogen and oxygen atoms in total. The van der Waals surface area contributed by atoms with E-state index in [4.69, 9.17) is 9.63 Å². The molecular formula is C12H20N2O3S. The Balaban J connectivity index is 2.23. The number of unbranched alkanes of at least 4 members (excludes halogenated alkanes) is 1. The normalized spacial score (nSPS) is 12.6. The first kappa shape index (κ1) is 15.0. The Labute approximate surface area is 111 Å². The lowest BCUT2D eigenvalue weighted by atomic mass is 10.2. The average Bonchev–Trinajstić information content (AvgIpc) is 2.79. The molecule has 0 spiro atoms. The lowest BCUT2D eigenvalue weighted by Gasteiger charge is -2.04. The van der Waals surface area contributed by atoms with Crippen LogP contribution in [0.4, 0.5) is 0 Å². The van der Waals surface area contributed by atoms with Gasteiger partial charge in [0.05, 0.1) is 5.75 Å². The van der Waals surface area contributed by atoms with E-state index in [-0.39, 0.29) is 6.42 Å². The van der Waals surface area contributed by atoms with Gasteiger partial charge in [-0.2, -0.15) is 16.7 Å². The lowest BCUT2D eigenvalue weighted by Crippen LogP contribution is -1.96. The molecule has 0 saturated heterocycles. The summed E-state index contributed by atoms with van der Waals surface area (Å²) in [7, 11) is 0. The molecule has 18 heavy (non-hydrogen) atoms. The van der Waals surface area contributed by atoms with Crippen molar-refractivity contribution in [2.24, 2.45) is 0 Å². The Morgan fingerprint density at radius 2 is 2.28 bits per heavy atom. The first-order valence-corrected chi connectivity index (χ1v) is 7.31. The maximum absolute atomic E-state index is 10.3. The van der Waals surface area contributed by atoms with Gasteiger partial charge < -0.3 is 9.63 Å². The monoisotopic (exact) mass is 272 g/mol. The largest absolute Gasteiger partial charge is 0.481 e. The summed E-state index contributed by atoms with van der Waals surface area (Å²) in [4.78, 5) is 14.6. The number of hydrogen-bond acceptors (Lipinski definition) is 5. The van der Waals surface area contributed by atoms with Gasteiger partial charge in [-0.3, -0.25) is 4.79 Å². The van der Waals surface area contributed by atoms with Crippen LogP contribution in [0.25, 0.3) is 0 Å². The molecule has 0 amide bonds. The van der Waals surface area contributed by atoms with E-state index in [0.29, 0.717) is 24.0 Å². The molecule has 0 saturated carbocycles. The molecule has 0 aromatic carbocycles. The van der Waals surface area contributed by atoms with Crippen molar-refractivity contribution in [2.45, 2.75) is 57.0 Å². The van der Waals surface area contributed by atoms with E-state index in [1.54, 1.807) is 0 Å². The van der Waals surface area contributed by atoms with Crippen LogP contribution in [0, 0.1) is 0 Å². The van der Waals surface area contributed by atoms with Gasteiger partial charge in [0.2, 0.25) is 5.89 Å². The van der Waals surface area contributed by atoms with Crippen LogP contribution in [0.5, 0.6) is 0 Å². The van der Waals surface area contributed by atoms with Crippen molar-refractivity contribution in [3.05, 3.63) is 11.7 Å². The Bertz CT molecular complexity index is 368. The highest BCUT2D eigenvalue weighted by Gasteiger charge is 2.08. The van der Waals surface area contributed by atoms with Crippen molar-refractivity contribution < 1.29 is 14.4 Å². The average molecular weight is 272 g/mol. The molecule has 0 aliphatic heterocycles. The number of aliphatic carboxylic acids is 1. The first-order chi connectivity index (χ1) is 8.61. The zero-order valence-corrected chi connectivity index (χ0v) is 11.7. The second kappa shape index (κ2) is 8.13. The number of aryl methyl sites for hydroxylation is 1. The van der Waals surface area contributed by atoms with Crippen LogP contribution in [0.1, 0.15) is 51.2 Å². The molecule has 1 unspecified atom stereocenters. The lowest BCUT2D eigenvalue weighted by molar-refractivity contribution is -0.137. The molecule has 1 aromatic rings. The fourth-order valence-corrected chi connectivity index (χ4v) is 2.12. The fourth-order valence-electron chi connectivity index (χ4n) is 1.34. The number of aromatic nitrogens is 2. The third-order valence-electron chi connectivity index (χ3n) is 2.61. The van der Waals surface area contributed by atoms with Gasteiger partial charge in [0.25, 0.3) is 0 Å². The summed E-state index contributed by atoms with van der Waals surface area (Å²) < 4.78 is 5.12. The van der Waals surface area contributed by atoms with Crippen molar-refractivity contribution in [1.29, 1.82) is 0 Å². The molecule has 1 rings (SSSR count). The van der Waals surface area contributed by atoms with Gasteiger partial charge in [-0.1, -0.05) is 19.0 Å². The van der Waals surface area contributed by atoms with Crippen molar-refractivity contribution in [1.82, 2.24) is 10.1 Å². The van der Waals surface area contributed by atoms with Crippen molar-refractivity contribution in [3.8, 4) is 0 Å².